The SMILES string of the molecule is COc1ccccc1N1CCN(Cc2cc(=O)c(O[C@H](C)c3ccccc3)co2)CC1. The molecule has 0 radical (unpaired) electrons. The van der Waals surface area contributed by atoms with Gasteiger partial charge in [-0.2, -0.15) is 0 Å². The molecule has 162 valence electrons. The molecule has 1 aliphatic rings. The summed E-state index contributed by atoms with van der Waals surface area (Å²) in [6.07, 6.45) is 1.21. The lowest BCUT2D eigenvalue weighted by Crippen LogP contribution is -2.46. The second kappa shape index (κ2) is 9.71. The van der Waals surface area contributed by atoms with Gasteiger partial charge in [0.05, 0.1) is 19.3 Å². The van der Waals surface area contributed by atoms with E-state index in [1.807, 2.05) is 55.5 Å². The topological polar surface area (TPSA) is 55.2 Å². The second-order valence-electron chi connectivity index (χ2n) is 7.68. The maximum absolute atomic E-state index is 12.5. The van der Waals surface area contributed by atoms with Crippen LogP contribution >= 0.6 is 0 Å². The van der Waals surface area contributed by atoms with Crippen molar-refractivity contribution in [3.63, 3.8) is 0 Å². The molecule has 6 heteroatoms. The molecule has 31 heavy (non-hydrogen) atoms. The van der Waals surface area contributed by atoms with Gasteiger partial charge in [0, 0.05) is 32.2 Å². The highest BCUT2D eigenvalue weighted by molar-refractivity contribution is 5.58. The Balaban J connectivity index is 1.34. The summed E-state index contributed by atoms with van der Waals surface area (Å²) in [5.41, 5.74) is 1.97. The monoisotopic (exact) mass is 420 g/mol. The van der Waals surface area contributed by atoms with Crippen molar-refractivity contribution in [3.8, 4) is 11.5 Å². The van der Waals surface area contributed by atoms with Gasteiger partial charge >= 0.3 is 0 Å². The predicted octanol–water partition coefficient (Wildman–Crippen LogP) is 4.11. The summed E-state index contributed by atoms with van der Waals surface area (Å²) in [7, 11) is 1.70. The maximum atomic E-state index is 12.5. The van der Waals surface area contributed by atoms with Crippen molar-refractivity contribution in [2.75, 3.05) is 38.2 Å². The Morgan fingerprint density at radius 3 is 2.39 bits per heavy atom. The first kappa shape index (κ1) is 21.0. The summed E-state index contributed by atoms with van der Waals surface area (Å²) in [5, 5.41) is 0. The largest absolute Gasteiger partial charge is 0.495 e. The Hall–Kier alpha value is -3.25. The third kappa shape index (κ3) is 5.09. The number of ether oxygens (including phenoxy) is 2. The Morgan fingerprint density at radius 2 is 1.68 bits per heavy atom. The fourth-order valence-electron chi connectivity index (χ4n) is 3.85. The van der Waals surface area contributed by atoms with E-state index in [1.54, 1.807) is 13.2 Å². The number of methoxy groups -OCH3 is 1. The zero-order valence-corrected chi connectivity index (χ0v) is 18.0. The Labute approximate surface area is 182 Å². The highest BCUT2D eigenvalue weighted by atomic mass is 16.5. The third-order valence-electron chi connectivity index (χ3n) is 5.60. The molecule has 6 nitrogen and oxygen atoms in total. The number of hydrogen-bond acceptors (Lipinski definition) is 6. The molecule has 3 aromatic rings. The average molecular weight is 421 g/mol. The molecule has 0 amide bonds. The van der Waals surface area contributed by atoms with Gasteiger partial charge in [-0.1, -0.05) is 42.5 Å². The fourth-order valence-corrected chi connectivity index (χ4v) is 3.85. The number of hydrogen-bond donors (Lipinski definition) is 0. The van der Waals surface area contributed by atoms with Crippen LogP contribution in [-0.2, 0) is 6.54 Å². The molecule has 1 aromatic heterocycles. The van der Waals surface area contributed by atoms with Crippen LogP contribution in [0.2, 0.25) is 0 Å². The minimum absolute atomic E-state index is 0.156. The van der Waals surface area contributed by atoms with Gasteiger partial charge in [-0.15, -0.1) is 0 Å². The van der Waals surface area contributed by atoms with Crippen molar-refractivity contribution in [2.45, 2.75) is 19.6 Å². The zero-order valence-electron chi connectivity index (χ0n) is 18.0. The molecule has 2 heterocycles. The molecule has 1 saturated heterocycles. The molecular weight excluding hydrogens is 392 g/mol. The number of piperazine rings is 1. The summed E-state index contributed by atoms with van der Waals surface area (Å²) in [6.45, 7) is 6.06. The van der Waals surface area contributed by atoms with E-state index in [9.17, 15) is 4.79 Å². The number of para-hydroxylation sites is 2. The molecule has 4 rings (SSSR count). The minimum Gasteiger partial charge on any atom is -0.495 e. The predicted molar refractivity (Wildman–Crippen MR) is 121 cm³/mol. The molecule has 0 N–H and O–H groups in total. The molecule has 2 aromatic carbocycles. The summed E-state index contributed by atoms with van der Waals surface area (Å²) in [5.74, 6) is 1.78. The highest BCUT2D eigenvalue weighted by Crippen LogP contribution is 2.28. The maximum Gasteiger partial charge on any atom is 0.227 e. The van der Waals surface area contributed by atoms with Gasteiger partial charge in [-0.25, -0.2) is 0 Å². The molecule has 1 atom stereocenters. The summed E-state index contributed by atoms with van der Waals surface area (Å²) in [4.78, 5) is 17.1. The Morgan fingerprint density at radius 1 is 0.968 bits per heavy atom. The molecular formula is C25H28N2O4. The lowest BCUT2D eigenvalue weighted by molar-refractivity contribution is 0.207. The van der Waals surface area contributed by atoms with E-state index >= 15 is 0 Å². The molecule has 1 aliphatic heterocycles. The van der Waals surface area contributed by atoms with Crippen molar-refractivity contribution in [1.82, 2.24) is 4.90 Å². The van der Waals surface area contributed by atoms with E-state index in [-0.39, 0.29) is 17.3 Å². The van der Waals surface area contributed by atoms with Crippen LogP contribution < -0.4 is 19.8 Å². The van der Waals surface area contributed by atoms with Gasteiger partial charge < -0.3 is 18.8 Å². The molecule has 0 bridgehead atoms. The molecule has 0 unspecified atom stereocenters. The van der Waals surface area contributed by atoms with Gasteiger partial charge in [0.1, 0.15) is 23.9 Å². The van der Waals surface area contributed by atoms with E-state index in [0.29, 0.717) is 12.3 Å². The van der Waals surface area contributed by atoms with Crippen molar-refractivity contribution >= 4 is 5.69 Å². The fraction of sp³-hybridized carbons (Fsp3) is 0.320. The van der Waals surface area contributed by atoms with Crippen LogP contribution in [0.1, 0.15) is 24.4 Å². The van der Waals surface area contributed by atoms with Crippen LogP contribution in [0.4, 0.5) is 5.69 Å². The summed E-state index contributed by atoms with van der Waals surface area (Å²) in [6, 6.07) is 19.4. The average Bonchev–Trinajstić information content (AvgIpc) is 2.82. The molecule has 0 spiro atoms. The van der Waals surface area contributed by atoms with E-state index in [1.165, 1.54) is 6.26 Å². The number of benzene rings is 2. The van der Waals surface area contributed by atoms with Crippen molar-refractivity contribution in [3.05, 3.63) is 88.5 Å². The van der Waals surface area contributed by atoms with Crippen LogP contribution in [0.15, 0.2) is 76.1 Å². The first-order chi connectivity index (χ1) is 15.1. The van der Waals surface area contributed by atoms with Gasteiger partial charge in [0.25, 0.3) is 0 Å². The van der Waals surface area contributed by atoms with Gasteiger partial charge in [0.15, 0.2) is 0 Å². The summed E-state index contributed by atoms with van der Waals surface area (Å²) >= 11 is 0. The summed E-state index contributed by atoms with van der Waals surface area (Å²) < 4.78 is 17.0. The third-order valence-corrected chi connectivity index (χ3v) is 5.60. The van der Waals surface area contributed by atoms with E-state index < -0.39 is 0 Å². The highest BCUT2D eigenvalue weighted by Gasteiger charge is 2.20. The van der Waals surface area contributed by atoms with Gasteiger partial charge in [-0.3, -0.25) is 9.69 Å². The van der Waals surface area contributed by atoms with Crippen molar-refractivity contribution < 1.29 is 13.9 Å². The molecule has 0 saturated carbocycles. The van der Waals surface area contributed by atoms with Gasteiger partial charge in [0.2, 0.25) is 11.2 Å². The lowest BCUT2D eigenvalue weighted by Gasteiger charge is -2.36. The normalized spacial score (nSPS) is 15.5. The van der Waals surface area contributed by atoms with Crippen LogP contribution in [0.3, 0.4) is 0 Å². The standard InChI is InChI=1S/C25H28N2O4/c1-19(20-8-4-3-5-9-20)31-25-18-30-21(16-23(25)28)17-26-12-14-27(15-13-26)22-10-6-7-11-24(22)29-2/h3-11,16,18-19H,12-15,17H2,1-2H3/t19-/m1/s1. The quantitative estimate of drug-likeness (QED) is 0.573. The number of anilines is 1. The molecule has 1 fully saturated rings. The van der Waals surface area contributed by atoms with Crippen LogP contribution in [-0.4, -0.2) is 38.2 Å². The minimum atomic E-state index is -0.224. The lowest BCUT2D eigenvalue weighted by atomic mass is 10.1. The number of rotatable bonds is 7. The van der Waals surface area contributed by atoms with Crippen LogP contribution in [0.25, 0.3) is 0 Å². The zero-order chi connectivity index (χ0) is 21.6. The second-order valence-corrected chi connectivity index (χ2v) is 7.68. The first-order valence-electron chi connectivity index (χ1n) is 10.6. The van der Waals surface area contributed by atoms with Gasteiger partial charge in [-0.05, 0) is 24.6 Å². The van der Waals surface area contributed by atoms with Crippen LogP contribution in [0.5, 0.6) is 11.5 Å². The van der Waals surface area contributed by atoms with Crippen LogP contribution in [0, 0.1) is 0 Å². The van der Waals surface area contributed by atoms with Crippen molar-refractivity contribution in [1.29, 1.82) is 0 Å². The van der Waals surface area contributed by atoms with E-state index in [2.05, 4.69) is 15.9 Å². The van der Waals surface area contributed by atoms with E-state index in [4.69, 9.17) is 13.9 Å². The number of nitrogens with zero attached hydrogens (tertiary/aromatic N) is 2. The van der Waals surface area contributed by atoms with Crippen molar-refractivity contribution in [2.24, 2.45) is 0 Å². The smallest absolute Gasteiger partial charge is 0.227 e. The Bertz CT molecular complexity index is 1040. The first-order valence-corrected chi connectivity index (χ1v) is 10.6. The van der Waals surface area contributed by atoms with E-state index in [0.717, 1.165) is 43.2 Å². The Kier molecular flexibility index (Phi) is 6.57. The molecule has 0 aliphatic carbocycles.